The first-order valence-electron chi connectivity index (χ1n) is 8.58. The second-order valence-corrected chi connectivity index (χ2v) is 8.07. The lowest BCUT2D eigenvalue weighted by molar-refractivity contribution is 0.0384. The Kier molecular flexibility index (Phi) is 4.69. The molecule has 3 aromatic heterocycles. The van der Waals surface area contributed by atoms with E-state index in [1.807, 2.05) is 33.8 Å². The molecular weight excluding hydrogens is 332 g/mol. The summed E-state index contributed by atoms with van der Waals surface area (Å²) < 4.78 is 6.46. The van der Waals surface area contributed by atoms with Crippen molar-refractivity contribution in [2.45, 2.75) is 53.6 Å². The summed E-state index contributed by atoms with van der Waals surface area (Å²) in [4.78, 5) is 20.8. The van der Waals surface area contributed by atoms with Crippen molar-refractivity contribution >= 4 is 27.5 Å². The molecule has 0 aliphatic carbocycles. The van der Waals surface area contributed by atoms with Crippen LogP contribution in [0.2, 0.25) is 0 Å². The number of hydrogen-bond acceptors (Lipinski definition) is 4. The molecule has 5 heteroatoms. The summed E-state index contributed by atoms with van der Waals surface area (Å²) in [6, 6.07) is 6.10. The van der Waals surface area contributed by atoms with E-state index in [-0.39, 0.29) is 12.1 Å². The molecule has 0 atom stereocenters. The van der Waals surface area contributed by atoms with Crippen LogP contribution in [0.3, 0.4) is 0 Å². The SMILES string of the molecule is Cc1cc(-c2[nH]c3cc(C(=O)OC(C)C)sc3c2C(C)C)cc(C)n1. The van der Waals surface area contributed by atoms with Crippen molar-refractivity contribution in [1.82, 2.24) is 9.97 Å². The molecule has 3 aromatic rings. The van der Waals surface area contributed by atoms with Crippen LogP contribution in [0.1, 0.15) is 60.2 Å². The Morgan fingerprint density at radius 2 is 1.76 bits per heavy atom. The van der Waals surface area contributed by atoms with Gasteiger partial charge in [-0.05, 0) is 57.4 Å². The maximum atomic E-state index is 12.2. The van der Waals surface area contributed by atoms with Crippen molar-refractivity contribution in [2.24, 2.45) is 0 Å². The summed E-state index contributed by atoms with van der Waals surface area (Å²) in [5.41, 5.74) is 6.50. The number of fused-ring (bicyclic) bond motifs is 1. The van der Waals surface area contributed by atoms with Crippen LogP contribution >= 0.6 is 11.3 Å². The second-order valence-electron chi connectivity index (χ2n) is 7.01. The number of nitrogens with one attached hydrogen (secondary N) is 1. The van der Waals surface area contributed by atoms with E-state index in [0.717, 1.165) is 32.9 Å². The fraction of sp³-hybridized carbons (Fsp3) is 0.400. The largest absolute Gasteiger partial charge is 0.459 e. The number of aryl methyl sites for hydroxylation is 2. The number of ether oxygens (including phenoxy) is 1. The molecule has 4 nitrogen and oxygen atoms in total. The zero-order valence-corrected chi connectivity index (χ0v) is 16.4. The van der Waals surface area contributed by atoms with Crippen LogP contribution in [0.25, 0.3) is 21.5 Å². The average Bonchev–Trinajstić information content (AvgIpc) is 3.01. The highest BCUT2D eigenvalue weighted by Crippen LogP contribution is 2.40. The summed E-state index contributed by atoms with van der Waals surface area (Å²) in [6.07, 6.45) is -0.115. The van der Waals surface area contributed by atoms with Crippen molar-refractivity contribution in [3.63, 3.8) is 0 Å². The van der Waals surface area contributed by atoms with E-state index in [1.165, 1.54) is 16.9 Å². The van der Waals surface area contributed by atoms with Crippen LogP contribution in [0.4, 0.5) is 0 Å². The van der Waals surface area contributed by atoms with Crippen molar-refractivity contribution < 1.29 is 9.53 Å². The lowest BCUT2D eigenvalue weighted by Crippen LogP contribution is -2.09. The minimum absolute atomic E-state index is 0.115. The highest BCUT2D eigenvalue weighted by molar-refractivity contribution is 7.21. The predicted octanol–water partition coefficient (Wildman–Crippen LogP) is 5.60. The first-order valence-corrected chi connectivity index (χ1v) is 9.40. The molecule has 0 spiro atoms. The van der Waals surface area contributed by atoms with Gasteiger partial charge in [0.05, 0.1) is 22.0 Å². The van der Waals surface area contributed by atoms with Crippen LogP contribution in [-0.2, 0) is 4.74 Å². The van der Waals surface area contributed by atoms with Crippen LogP contribution in [0.5, 0.6) is 0 Å². The van der Waals surface area contributed by atoms with Gasteiger partial charge < -0.3 is 9.72 Å². The van der Waals surface area contributed by atoms with Gasteiger partial charge in [0.15, 0.2) is 0 Å². The molecule has 0 saturated heterocycles. The van der Waals surface area contributed by atoms with E-state index in [1.54, 1.807) is 0 Å². The molecule has 0 saturated carbocycles. The Morgan fingerprint density at radius 1 is 1.12 bits per heavy atom. The van der Waals surface area contributed by atoms with E-state index in [4.69, 9.17) is 4.74 Å². The minimum atomic E-state index is -0.253. The molecule has 0 fully saturated rings. The van der Waals surface area contributed by atoms with Crippen molar-refractivity contribution in [1.29, 1.82) is 0 Å². The lowest BCUT2D eigenvalue weighted by Gasteiger charge is -2.10. The van der Waals surface area contributed by atoms with Gasteiger partial charge in [-0.1, -0.05) is 13.8 Å². The molecule has 0 unspecified atom stereocenters. The van der Waals surface area contributed by atoms with Crippen LogP contribution in [0, 0.1) is 13.8 Å². The van der Waals surface area contributed by atoms with Crippen LogP contribution in [-0.4, -0.2) is 22.0 Å². The predicted molar refractivity (Wildman–Crippen MR) is 104 cm³/mol. The standard InChI is InChI=1S/C20H24N2O2S/c1-10(2)17-18(14-7-12(5)21-13(6)8-14)22-15-9-16(25-19(15)17)20(23)24-11(3)4/h7-11,22H,1-6H3. The number of hydrogen-bond donors (Lipinski definition) is 1. The third-order valence-corrected chi connectivity index (χ3v) is 5.15. The Bertz CT molecular complexity index is 914. The third kappa shape index (κ3) is 3.47. The fourth-order valence-electron chi connectivity index (χ4n) is 3.13. The van der Waals surface area contributed by atoms with Gasteiger partial charge >= 0.3 is 5.97 Å². The van der Waals surface area contributed by atoms with Crippen molar-refractivity contribution in [3.8, 4) is 11.3 Å². The molecule has 0 aliphatic heterocycles. The number of nitrogens with zero attached hydrogens (tertiary/aromatic N) is 1. The summed E-state index contributed by atoms with van der Waals surface area (Å²) in [7, 11) is 0. The number of H-pyrrole nitrogens is 1. The number of thiophene rings is 1. The van der Waals surface area contributed by atoms with Gasteiger partial charge in [-0.3, -0.25) is 4.98 Å². The molecule has 0 radical (unpaired) electrons. The summed E-state index contributed by atoms with van der Waals surface area (Å²) in [6.45, 7) is 12.1. The first kappa shape index (κ1) is 17.7. The molecule has 0 aromatic carbocycles. The number of pyridine rings is 1. The van der Waals surface area contributed by atoms with Gasteiger partial charge in [-0.25, -0.2) is 4.79 Å². The van der Waals surface area contributed by atoms with E-state index in [0.29, 0.717) is 10.8 Å². The monoisotopic (exact) mass is 356 g/mol. The van der Waals surface area contributed by atoms with Crippen molar-refractivity contribution in [2.75, 3.05) is 0 Å². The number of aromatic amines is 1. The van der Waals surface area contributed by atoms with Gasteiger partial charge in [0.1, 0.15) is 4.88 Å². The number of carbonyl (C=O) groups is 1. The number of carbonyl (C=O) groups excluding carboxylic acids is 1. The zero-order chi connectivity index (χ0) is 18.3. The molecule has 3 rings (SSSR count). The summed E-state index contributed by atoms with van der Waals surface area (Å²) in [5, 5.41) is 0. The van der Waals surface area contributed by atoms with Gasteiger partial charge in [0, 0.05) is 17.0 Å². The molecular formula is C20H24N2O2S. The Balaban J connectivity index is 2.13. The quantitative estimate of drug-likeness (QED) is 0.619. The second kappa shape index (κ2) is 6.64. The lowest BCUT2D eigenvalue weighted by atomic mass is 9.99. The average molecular weight is 356 g/mol. The molecule has 25 heavy (non-hydrogen) atoms. The highest BCUT2D eigenvalue weighted by Gasteiger charge is 2.22. The number of esters is 1. The van der Waals surface area contributed by atoms with Gasteiger partial charge in [-0.15, -0.1) is 11.3 Å². The summed E-state index contributed by atoms with van der Waals surface area (Å²) >= 11 is 1.50. The molecule has 132 valence electrons. The topological polar surface area (TPSA) is 55.0 Å². The molecule has 0 aliphatic rings. The van der Waals surface area contributed by atoms with E-state index < -0.39 is 0 Å². The zero-order valence-electron chi connectivity index (χ0n) is 15.6. The van der Waals surface area contributed by atoms with Gasteiger partial charge in [0.25, 0.3) is 0 Å². The minimum Gasteiger partial charge on any atom is -0.459 e. The molecule has 1 N–H and O–H groups in total. The van der Waals surface area contributed by atoms with Gasteiger partial charge in [0.2, 0.25) is 0 Å². The third-order valence-electron chi connectivity index (χ3n) is 4.00. The molecule has 3 heterocycles. The Labute approximate surface area is 152 Å². The normalized spacial score (nSPS) is 11.7. The first-order chi connectivity index (χ1) is 11.8. The van der Waals surface area contributed by atoms with Crippen LogP contribution < -0.4 is 0 Å². The van der Waals surface area contributed by atoms with Crippen LogP contribution in [0.15, 0.2) is 18.2 Å². The summed E-state index contributed by atoms with van der Waals surface area (Å²) in [5.74, 6) is 0.0848. The van der Waals surface area contributed by atoms with Crippen molar-refractivity contribution in [3.05, 3.63) is 40.0 Å². The van der Waals surface area contributed by atoms with E-state index in [2.05, 4.69) is 35.9 Å². The maximum absolute atomic E-state index is 12.2. The smallest absolute Gasteiger partial charge is 0.348 e. The maximum Gasteiger partial charge on any atom is 0.348 e. The Morgan fingerprint density at radius 3 is 2.32 bits per heavy atom. The number of aromatic nitrogens is 2. The van der Waals surface area contributed by atoms with Gasteiger partial charge in [-0.2, -0.15) is 0 Å². The fourth-order valence-corrected chi connectivity index (χ4v) is 4.33. The van der Waals surface area contributed by atoms with E-state index >= 15 is 0 Å². The molecule has 0 bridgehead atoms. The number of rotatable bonds is 4. The Hall–Kier alpha value is -2.14. The highest BCUT2D eigenvalue weighted by atomic mass is 32.1. The molecule has 0 amide bonds. The van der Waals surface area contributed by atoms with E-state index in [9.17, 15) is 4.79 Å².